The average molecular weight is 333 g/mol. The Labute approximate surface area is 146 Å². The topological polar surface area (TPSA) is 38.0 Å². The van der Waals surface area contributed by atoms with Crippen molar-refractivity contribution in [1.29, 1.82) is 0 Å². The maximum Gasteiger partial charge on any atom is 0.0390 e. The molecular weight excluding hydrogens is 300 g/mol. The third kappa shape index (κ3) is 4.77. The number of thioether (sulfide) groups is 1. The Kier molecular flexibility index (Phi) is 5.85. The first-order valence-electron chi connectivity index (χ1n) is 8.58. The van der Waals surface area contributed by atoms with Gasteiger partial charge in [0.2, 0.25) is 0 Å². The van der Waals surface area contributed by atoms with Crippen LogP contribution in [0, 0.1) is 5.41 Å². The number of hydrogen-bond donors (Lipinski definition) is 2. The maximum atomic E-state index is 6.29. The molecule has 1 aliphatic rings. The summed E-state index contributed by atoms with van der Waals surface area (Å²) in [5.74, 6) is 1.13. The smallest absolute Gasteiger partial charge is 0.0390 e. The maximum absolute atomic E-state index is 6.29. The molecule has 1 aromatic rings. The summed E-state index contributed by atoms with van der Waals surface area (Å²) in [5.41, 5.74) is 11.5. The van der Waals surface area contributed by atoms with E-state index in [4.69, 9.17) is 5.73 Å². The van der Waals surface area contributed by atoms with Crippen LogP contribution in [0.4, 0.5) is 5.69 Å². The Hall–Kier alpha value is -0.930. The van der Waals surface area contributed by atoms with E-state index in [0.29, 0.717) is 5.41 Å². The van der Waals surface area contributed by atoms with Crippen LogP contribution >= 0.6 is 11.8 Å². The van der Waals surface area contributed by atoms with Gasteiger partial charge in [0.05, 0.1) is 0 Å². The molecule has 3 heteroatoms. The second kappa shape index (κ2) is 7.31. The molecule has 0 amide bonds. The van der Waals surface area contributed by atoms with Crippen molar-refractivity contribution in [3.63, 3.8) is 0 Å². The van der Waals surface area contributed by atoms with Gasteiger partial charge in [-0.2, -0.15) is 11.8 Å². The molecule has 0 fully saturated rings. The molecular formula is C20H32N2S. The van der Waals surface area contributed by atoms with Crippen molar-refractivity contribution in [1.82, 2.24) is 5.32 Å². The van der Waals surface area contributed by atoms with E-state index < -0.39 is 0 Å². The van der Waals surface area contributed by atoms with E-state index in [1.165, 1.54) is 23.1 Å². The fourth-order valence-electron chi connectivity index (χ4n) is 3.11. The summed E-state index contributed by atoms with van der Waals surface area (Å²) in [6.45, 7) is 10.2. The van der Waals surface area contributed by atoms with E-state index in [9.17, 15) is 0 Å². The summed E-state index contributed by atoms with van der Waals surface area (Å²) in [7, 11) is 0. The third-order valence-electron chi connectivity index (χ3n) is 4.97. The van der Waals surface area contributed by atoms with Crippen LogP contribution in [0.25, 0.3) is 5.57 Å². The van der Waals surface area contributed by atoms with Crippen molar-refractivity contribution in [3.8, 4) is 0 Å². The molecule has 0 aliphatic heterocycles. The van der Waals surface area contributed by atoms with Crippen molar-refractivity contribution in [3.05, 3.63) is 35.4 Å². The Morgan fingerprint density at radius 2 is 2.04 bits per heavy atom. The highest BCUT2D eigenvalue weighted by molar-refractivity contribution is 7.98. The molecule has 1 aromatic carbocycles. The van der Waals surface area contributed by atoms with E-state index in [-0.39, 0.29) is 5.54 Å². The lowest BCUT2D eigenvalue weighted by Crippen LogP contribution is -2.38. The molecule has 0 saturated carbocycles. The van der Waals surface area contributed by atoms with Crippen LogP contribution in [0.2, 0.25) is 0 Å². The van der Waals surface area contributed by atoms with Gasteiger partial charge in [0.15, 0.2) is 0 Å². The summed E-state index contributed by atoms with van der Waals surface area (Å²) >= 11 is 1.87. The van der Waals surface area contributed by atoms with Gasteiger partial charge in [-0.05, 0) is 68.0 Å². The molecule has 2 rings (SSSR count). The number of nitrogen functional groups attached to an aromatic ring is 1. The summed E-state index contributed by atoms with van der Waals surface area (Å²) in [4.78, 5) is 0. The highest BCUT2D eigenvalue weighted by Gasteiger charge is 2.25. The van der Waals surface area contributed by atoms with E-state index in [1.807, 2.05) is 11.8 Å². The Bertz CT molecular complexity index is 573. The normalized spacial score (nSPS) is 17.9. The van der Waals surface area contributed by atoms with Crippen LogP contribution in [0.15, 0.2) is 24.3 Å². The summed E-state index contributed by atoms with van der Waals surface area (Å²) in [6, 6.07) is 6.53. The van der Waals surface area contributed by atoms with Gasteiger partial charge >= 0.3 is 0 Å². The van der Waals surface area contributed by atoms with Gasteiger partial charge in [-0.15, -0.1) is 0 Å². The Morgan fingerprint density at radius 3 is 2.65 bits per heavy atom. The first-order valence-corrected chi connectivity index (χ1v) is 9.98. The summed E-state index contributed by atoms with van der Waals surface area (Å²) < 4.78 is 0. The number of nitrogens with one attached hydrogen (secondary N) is 1. The molecule has 0 saturated heterocycles. The van der Waals surface area contributed by atoms with Gasteiger partial charge < -0.3 is 11.1 Å². The van der Waals surface area contributed by atoms with E-state index in [2.05, 4.69) is 63.5 Å². The molecule has 0 heterocycles. The predicted octanol–water partition coefficient (Wildman–Crippen LogP) is 5.05. The molecule has 23 heavy (non-hydrogen) atoms. The second-order valence-corrected chi connectivity index (χ2v) is 8.93. The van der Waals surface area contributed by atoms with Gasteiger partial charge in [0.1, 0.15) is 0 Å². The van der Waals surface area contributed by atoms with Crippen molar-refractivity contribution < 1.29 is 0 Å². The zero-order valence-corrected chi connectivity index (χ0v) is 16.1. The minimum atomic E-state index is -0.0350. The minimum Gasteiger partial charge on any atom is -0.398 e. The van der Waals surface area contributed by atoms with Crippen LogP contribution in [-0.4, -0.2) is 18.6 Å². The second-order valence-electron chi connectivity index (χ2n) is 7.94. The SMILES string of the molecule is CSCCNC(C)(C)c1ccc(N)c(C2=CCC(C)(C)CC2)c1. The van der Waals surface area contributed by atoms with Crippen LogP contribution in [0.3, 0.4) is 0 Å². The molecule has 3 N–H and O–H groups in total. The van der Waals surface area contributed by atoms with Crippen molar-refractivity contribution in [2.75, 3.05) is 24.3 Å². The molecule has 0 unspecified atom stereocenters. The number of rotatable bonds is 6. The zero-order chi connectivity index (χ0) is 17.1. The molecule has 2 nitrogen and oxygen atoms in total. The van der Waals surface area contributed by atoms with Crippen LogP contribution in [0.5, 0.6) is 0 Å². The van der Waals surface area contributed by atoms with Crippen molar-refractivity contribution >= 4 is 23.0 Å². The van der Waals surface area contributed by atoms with Crippen LogP contribution in [0.1, 0.15) is 58.1 Å². The van der Waals surface area contributed by atoms with Gasteiger partial charge in [-0.1, -0.05) is 26.0 Å². The number of benzene rings is 1. The molecule has 0 atom stereocenters. The molecule has 128 valence electrons. The largest absolute Gasteiger partial charge is 0.398 e. The van der Waals surface area contributed by atoms with Crippen LogP contribution in [-0.2, 0) is 5.54 Å². The van der Waals surface area contributed by atoms with E-state index in [1.54, 1.807) is 0 Å². The first-order chi connectivity index (χ1) is 10.7. The fourth-order valence-corrected chi connectivity index (χ4v) is 3.42. The highest BCUT2D eigenvalue weighted by Crippen LogP contribution is 2.40. The Balaban J connectivity index is 2.24. The zero-order valence-electron chi connectivity index (χ0n) is 15.3. The van der Waals surface area contributed by atoms with Gasteiger partial charge in [-0.25, -0.2) is 0 Å². The lowest BCUT2D eigenvalue weighted by molar-refractivity contribution is 0.335. The van der Waals surface area contributed by atoms with E-state index >= 15 is 0 Å². The quantitative estimate of drug-likeness (QED) is 0.565. The minimum absolute atomic E-state index is 0.0350. The molecule has 0 aromatic heterocycles. The number of nitrogens with two attached hydrogens (primary N) is 1. The molecule has 1 aliphatic carbocycles. The summed E-state index contributed by atoms with van der Waals surface area (Å²) in [6.07, 6.45) is 8.04. The number of hydrogen-bond acceptors (Lipinski definition) is 3. The Morgan fingerprint density at radius 1 is 1.30 bits per heavy atom. The van der Waals surface area contributed by atoms with E-state index in [0.717, 1.165) is 30.8 Å². The average Bonchev–Trinajstić information content (AvgIpc) is 2.48. The lowest BCUT2D eigenvalue weighted by Gasteiger charge is -2.31. The highest BCUT2D eigenvalue weighted by atomic mass is 32.2. The summed E-state index contributed by atoms with van der Waals surface area (Å²) in [5, 5.41) is 3.66. The van der Waals surface area contributed by atoms with Crippen molar-refractivity contribution in [2.24, 2.45) is 5.41 Å². The fraction of sp³-hybridized carbons (Fsp3) is 0.600. The third-order valence-corrected chi connectivity index (χ3v) is 5.58. The lowest BCUT2D eigenvalue weighted by atomic mass is 9.76. The number of anilines is 1. The standard InChI is InChI=1S/C20H32N2S/c1-19(2)10-8-15(9-11-19)17-14-16(6-7-18(17)21)20(3,4)22-12-13-23-5/h6-8,14,22H,9-13,21H2,1-5H3. The monoisotopic (exact) mass is 332 g/mol. The number of allylic oxidation sites excluding steroid dienone is 2. The molecule has 0 bridgehead atoms. The van der Waals surface area contributed by atoms with Gasteiger partial charge in [-0.3, -0.25) is 0 Å². The van der Waals surface area contributed by atoms with Crippen LogP contribution < -0.4 is 11.1 Å². The molecule has 0 radical (unpaired) electrons. The first kappa shape index (κ1) is 18.4. The molecule has 0 spiro atoms. The predicted molar refractivity (Wildman–Crippen MR) is 106 cm³/mol. The van der Waals surface area contributed by atoms with Gasteiger partial charge in [0, 0.05) is 29.1 Å². The van der Waals surface area contributed by atoms with Gasteiger partial charge in [0.25, 0.3) is 0 Å². The van der Waals surface area contributed by atoms with Crippen molar-refractivity contribution in [2.45, 2.75) is 52.5 Å².